The molecule has 1 heterocycles. The first kappa shape index (κ1) is 11.3. The highest BCUT2D eigenvalue weighted by atomic mass is 16.4. The second-order valence-electron chi connectivity index (χ2n) is 3.64. The third-order valence-corrected chi connectivity index (χ3v) is 2.47. The number of benzene rings is 1. The number of hydrogen-bond donors (Lipinski definition) is 1. The van der Waals surface area contributed by atoms with Gasteiger partial charge in [-0.1, -0.05) is 35.5 Å². The van der Waals surface area contributed by atoms with Crippen LogP contribution in [0.3, 0.4) is 0 Å². The molecule has 88 valence electrons. The van der Waals surface area contributed by atoms with E-state index in [2.05, 4.69) is 10.3 Å². The van der Waals surface area contributed by atoms with Crippen molar-refractivity contribution in [1.29, 1.82) is 0 Å². The number of carboxylic acid groups (broad SMARTS) is 1. The van der Waals surface area contributed by atoms with Crippen LogP contribution in [-0.2, 0) is 17.8 Å². The Bertz CT molecular complexity index is 520. The minimum Gasteiger partial charge on any atom is -0.481 e. The fourth-order valence-electron chi connectivity index (χ4n) is 1.74. The Morgan fingerprint density at radius 3 is 2.65 bits per heavy atom. The van der Waals surface area contributed by atoms with Crippen molar-refractivity contribution in [2.24, 2.45) is 0 Å². The van der Waals surface area contributed by atoms with E-state index in [4.69, 9.17) is 5.11 Å². The van der Waals surface area contributed by atoms with Crippen LogP contribution in [0.1, 0.15) is 12.6 Å². The summed E-state index contributed by atoms with van der Waals surface area (Å²) in [6.07, 6.45) is -0.107. The van der Waals surface area contributed by atoms with E-state index in [1.165, 1.54) is 0 Å². The molecule has 5 nitrogen and oxygen atoms in total. The molecule has 0 saturated carbocycles. The molecule has 0 amide bonds. The third kappa shape index (κ3) is 2.33. The van der Waals surface area contributed by atoms with E-state index in [-0.39, 0.29) is 6.42 Å². The summed E-state index contributed by atoms with van der Waals surface area (Å²) in [5.41, 5.74) is 2.23. The van der Waals surface area contributed by atoms with E-state index < -0.39 is 5.97 Å². The average molecular weight is 231 g/mol. The van der Waals surface area contributed by atoms with Crippen molar-refractivity contribution in [3.63, 3.8) is 0 Å². The number of rotatable bonds is 4. The van der Waals surface area contributed by atoms with E-state index in [1.807, 2.05) is 37.3 Å². The number of aryl methyl sites for hydroxylation is 1. The standard InChI is InChI=1S/C12H13N3O2/c1-2-15-12(9-6-4-3-5-7-9)10(13-14-15)8-11(16)17/h3-7H,2,8H2,1H3,(H,16,17). The van der Waals surface area contributed by atoms with Crippen molar-refractivity contribution in [1.82, 2.24) is 15.0 Å². The fraction of sp³-hybridized carbons (Fsp3) is 0.250. The molecule has 0 fully saturated rings. The molecule has 0 aliphatic carbocycles. The lowest BCUT2D eigenvalue weighted by Crippen LogP contribution is -2.04. The van der Waals surface area contributed by atoms with Gasteiger partial charge in [0.25, 0.3) is 0 Å². The summed E-state index contributed by atoms with van der Waals surface area (Å²) in [5, 5.41) is 16.7. The Hall–Kier alpha value is -2.17. The van der Waals surface area contributed by atoms with Gasteiger partial charge in [0.05, 0.1) is 12.1 Å². The highest BCUT2D eigenvalue weighted by Gasteiger charge is 2.16. The Labute approximate surface area is 98.7 Å². The number of carbonyl (C=O) groups is 1. The number of nitrogens with zero attached hydrogens (tertiary/aromatic N) is 3. The quantitative estimate of drug-likeness (QED) is 0.867. The lowest BCUT2D eigenvalue weighted by atomic mass is 10.1. The van der Waals surface area contributed by atoms with Crippen LogP contribution in [0, 0.1) is 0 Å². The van der Waals surface area contributed by atoms with Crippen molar-refractivity contribution in [3.8, 4) is 11.3 Å². The fourth-order valence-corrected chi connectivity index (χ4v) is 1.74. The lowest BCUT2D eigenvalue weighted by Gasteiger charge is -2.05. The second-order valence-corrected chi connectivity index (χ2v) is 3.64. The van der Waals surface area contributed by atoms with Gasteiger partial charge in [0.15, 0.2) is 0 Å². The number of carboxylic acids is 1. The summed E-state index contributed by atoms with van der Waals surface area (Å²) in [6.45, 7) is 2.61. The molecule has 2 aromatic rings. The molecule has 1 aromatic carbocycles. The highest BCUT2D eigenvalue weighted by Crippen LogP contribution is 2.22. The van der Waals surface area contributed by atoms with Gasteiger partial charge in [-0.3, -0.25) is 4.79 Å². The van der Waals surface area contributed by atoms with Gasteiger partial charge in [-0.05, 0) is 6.92 Å². The van der Waals surface area contributed by atoms with Crippen LogP contribution in [0.4, 0.5) is 0 Å². The summed E-state index contributed by atoms with van der Waals surface area (Å²) in [7, 11) is 0. The zero-order valence-electron chi connectivity index (χ0n) is 9.50. The highest BCUT2D eigenvalue weighted by molar-refractivity contribution is 5.73. The predicted octanol–water partition coefficient (Wildman–Crippen LogP) is 1.59. The molecule has 0 aliphatic heterocycles. The van der Waals surface area contributed by atoms with Crippen molar-refractivity contribution in [3.05, 3.63) is 36.0 Å². The van der Waals surface area contributed by atoms with Gasteiger partial charge in [-0.2, -0.15) is 0 Å². The Morgan fingerprint density at radius 2 is 2.06 bits per heavy atom. The smallest absolute Gasteiger partial charge is 0.309 e. The SMILES string of the molecule is CCn1nnc(CC(=O)O)c1-c1ccccc1. The first-order valence-electron chi connectivity index (χ1n) is 5.42. The molecule has 1 N–H and O–H groups in total. The van der Waals surface area contributed by atoms with E-state index in [9.17, 15) is 4.79 Å². The molecule has 0 radical (unpaired) electrons. The van der Waals surface area contributed by atoms with Crippen LogP contribution in [0.5, 0.6) is 0 Å². The third-order valence-electron chi connectivity index (χ3n) is 2.47. The zero-order chi connectivity index (χ0) is 12.3. The van der Waals surface area contributed by atoms with Crippen molar-refractivity contribution in [2.45, 2.75) is 19.9 Å². The van der Waals surface area contributed by atoms with Crippen molar-refractivity contribution >= 4 is 5.97 Å². The monoisotopic (exact) mass is 231 g/mol. The number of aromatic nitrogens is 3. The van der Waals surface area contributed by atoms with Gasteiger partial charge >= 0.3 is 5.97 Å². The molecule has 0 unspecified atom stereocenters. The van der Waals surface area contributed by atoms with Gasteiger partial charge < -0.3 is 5.11 Å². The molecule has 0 saturated heterocycles. The molecule has 2 rings (SSSR count). The molecule has 1 aromatic heterocycles. The minimum absolute atomic E-state index is 0.107. The van der Waals surface area contributed by atoms with Crippen LogP contribution in [0.15, 0.2) is 30.3 Å². The molecule has 0 bridgehead atoms. The van der Waals surface area contributed by atoms with Crippen molar-refractivity contribution in [2.75, 3.05) is 0 Å². The summed E-state index contributed by atoms with van der Waals surface area (Å²) in [4.78, 5) is 10.8. The molecular weight excluding hydrogens is 218 g/mol. The summed E-state index contributed by atoms with van der Waals surface area (Å²) < 4.78 is 1.72. The second kappa shape index (κ2) is 4.78. The average Bonchev–Trinajstić information content (AvgIpc) is 2.72. The number of hydrogen-bond acceptors (Lipinski definition) is 3. The maximum absolute atomic E-state index is 10.8. The van der Waals surface area contributed by atoms with Crippen molar-refractivity contribution < 1.29 is 9.90 Å². The van der Waals surface area contributed by atoms with E-state index in [0.29, 0.717) is 12.2 Å². The van der Waals surface area contributed by atoms with Gasteiger partial charge in [-0.15, -0.1) is 5.10 Å². The maximum atomic E-state index is 10.8. The largest absolute Gasteiger partial charge is 0.481 e. The van der Waals surface area contributed by atoms with Crippen LogP contribution in [-0.4, -0.2) is 26.1 Å². The van der Waals surface area contributed by atoms with Gasteiger partial charge in [0.1, 0.15) is 5.69 Å². The molecule has 17 heavy (non-hydrogen) atoms. The predicted molar refractivity (Wildman–Crippen MR) is 62.5 cm³/mol. The van der Waals surface area contributed by atoms with Gasteiger partial charge in [-0.25, -0.2) is 4.68 Å². The van der Waals surface area contributed by atoms with E-state index in [0.717, 1.165) is 11.3 Å². The summed E-state index contributed by atoms with van der Waals surface area (Å²) >= 11 is 0. The minimum atomic E-state index is -0.898. The van der Waals surface area contributed by atoms with E-state index in [1.54, 1.807) is 4.68 Å². The lowest BCUT2D eigenvalue weighted by molar-refractivity contribution is -0.136. The topological polar surface area (TPSA) is 68.0 Å². The molecular formula is C12H13N3O2. The molecule has 5 heteroatoms. The Morgan fingerprint density at radius 1 is 1.35 bits per heavy atom. The van der Waals surface area contributed by atoms with Gasteiger partial charge in [0.2, 0.25) is 0 Å². The zero-order valence-corrected chi connectivity index (χ0v) is 9.50. The van der Waals surface area contributed by atoms with Crippen LogP contribution < -0.4 is 0 Å². The first-order chi connectivity index (χ1) is 8.22. The molecule has 0 spiro atoms. The molecule has 0 atom stereocenters. The summed E-state index contributed by atoms with van der Waals surface area (Å²) in [5.74, 6) is -0.898. The maximum Gasteiger partial charge on any atom is 0.309 e. The molecule has 0 aliphatic rings. The summed E-state index contributed by atoms with van der Waals surface area (Å²) in [6, 6.07) is 9.59. The van der Waals surface area contributed by atoms with Crippen LogP contribution >= 0.6 is 0 Å². The van der Waals surface area contributed by atoms with Crippen LogP contribution in [0.25, 0.3) is 11.3 Å². The normalized spacial score (nSPS) is 10.4. The van der Waals surface area contributed by atoms with Crippen LogP contribution in [0.2, 0.25) is 0 Å². The Balaban J connectivity index is 2.49. The Kier molecular flexibility index (Phi) is 3.18. The van der Waals surface area contributed by atoms with Gasteiger partial charge in [0, 0.05) is 12.1 Å². The van der Waals surface area contributed by atoms with E-state index >= 15 is 0 Å². The number of aliphatic carboxylic acids is 1. The first-order valence-corrected chi connectivity index (χ1v) is 5.42.